The number of quaternary nitrogens is 1. The minimum atomic E-state index is 0.879. The van der Waals surface area contributed by atoms with Crippen molar-refractivity contribution >= 4 is 0 Å². The minimum absolute atomic E-state index is 0.879. The van der Waals surface area contributed by atoms with Crippen molar-refractivity contribution in [1.29, 1.82) is 0 Å². The van der Waals surface area contributed by atoms with Crippen LogP contribution in [0.5, 0.6) is 0 Å². The first-order valence-corrected chi connectivity index (χ1v) is 5.63. The van der Waals surface area contributed by atoms with E-state index in [0.29, 0.717) is 0 Å². The van der Waals surface area contributed by atoms with Crippen LogP contribution in [0.1, 0.15) is 39.5 Å². The summed E-state index contributed by atoms with van der Waals surface area (Å²) in [7, 11) is 2.38. The van der Waals surface area contributed by atoms with E-state index in [9.17, 15) is 0 Å². The molecular weight excluding hydrogens is 158 g/mol. The van der Waals surface area contributed by atoms with Crippen LogP contribution in [-0.2, 0) is 0 Å². The zero-order chi connectivity index (χ0) is 9.90. The first-order chi connectivity index (χ1) is 6.12. The standard InChI is InChI=1S/C12H24N/c1-5-7-11(3)10-12-8-9-13(12,4)6-2/h12H,3,5-10H2,1-2,4H3/q+1. The van der Waals surface area contributed by atoms with E-state index in [1.807, 2.05) is 0 Å². The van der Waals surface area contributed by atoms with Crippen molar-refractivity contribution in [3.8, 4) is 0 Å². The van der Waals surface area contributed by atoms with E-state index < -0.39 is 0 Å². The molecular formula is C12H24N+. The van der Waals surface area contributed by atoms with Gasteiger partial charge in [-0.1, -0.05) is 25.5 Å². The first kappa shape index (κ1) is 10.8. The third kappa shape index (κ3) is 2.34. The fraction of sp³-hybridized carbons (Fsp3) is 0.833. The molecule has 0 radical (unpaired) electrons. The van der Waals surface area contributed by atoms with E-state index in [1.165, 1.54) is 48.8 Å². The van der Waals surface area contributed by atoms with Gasteiger partial charge in [-0.3, -0.25) is 0 Å². The first-order valence-electron chi connectivity index (χ1n) is 5.63. The highest BCUT2D eigenvalue weighted by Crippen LogP contribution is 2.30. The Hall–Kier alpha value is -0.300. The molecule has 0 aliphatic carbocycles. The number of rotatable bonds is 5. The molecule has 0 aromatic carbocycles. The van der Waals surface area contributed by atoms with Crippen molar-refractivity contribution in [3.05, 3.63) is 12.2 Å². The summed E-state index contributed by atoms with van der Waals surface area (Å²) in [5, 5.41) is 0. The zero-order valence-electron chi connectivity index (χ0n) is 9.47. The Morgan fingerprint density at radius 3 is 2.54 bits per heavy atom. The van der Waals surface area contributed by atoms with Crippen LogP contribution < -0.4 is 0 Å². The normalized spacial score (nSPS) is 32.7. The van der Waals surface area contributed by atoms with Gasteiger partial charge in [0.05, 0.1) is 26.2 Å². The van der Waals surface area contributed by atoms with Gasteiger partial charge in [-0.25, -0.2) is 0 Å². The molecule has 0 bridgehead atoms. The van der Waals surface area contributed by atoms with E-state index in [4.69, 9.17) is 0 Å². The van der Waals surface area contributed by atoms with E-state index >= 15 is 0 Å². The topological polar surface area (TPSA) is 0 Å². The van der Waals surface area contributed by atoms with Crippen molar-refractivity contribution in [2.75, 3.05) is 20.1 Å². The smallest absolute Gasteiger partial charge is 0.0980 e. The third-order valence-corrected chi connectivity index (χ3v) is 3.70. The van der Waals surface area contributed by atoms with Gasteiger partial charge in [-0.2, -0.15) is 0 Å². The van der Waals surface area contributed by atoms with Gasteiger partial charge in [0.2, 0.25) is 0 Å². The summed E-state index contributed by atoms with van der Waals surface area (Å²) < 4.78 is 1.28. The van der Waals surface area contributed by atoms with Crippen molar-refractivity contribution in [2.45, 2.75) is 45.6 Å². The Labute approximate surface area is 83.0 Å². The second-order valence-electron chi connectivity index (χ2n) is 4.67. The van der Waals surface area contributed by atoms with E-state index in [2.05, 4.69) is 27.5 Å². The Morgan fingerprint density at radius 2 is 2.15 bits per heavy atom. The van der Waals surface area contributed by atoms with Crippen LogP contribution in [0.4, 0.5) is 0 Å². The van der Waals surface area contributed by atoms with Gasteiger partial charge in [0, 0.05) is 12.8 Å². The van der Waals surface area contributed by atoms with Crippen molar-refractivity contribution in [1.82, 2.24) is 0 Å². The summed E-state index contributed by atoms with van der Waals surface area (Å²) in [5.74, 6) is 0. The largest absolute Gasteiger partial charge is 0.323 e. The monoisotopic (exact) mass is 182 g/mol. The molecule has 1 nitrogen and oxygen atoms in total. The maximum Gasteiger partial charge on any atom is 0.0980 e. The molecule has 0 aromatic heterocycles. The summed E-state index contributed by atoms with van der Waals surface area (Å²) in [5.41, 5.74) is 1.46. The fourth-order valence-corrected chi connectivity index (χ4v) is 2.28. The molecule has 1 saturated heterocycles. The molecule has 1 heterocycles. The van der Waals surface area contributed by atoms with Gasteiger partial charge in [0.15, 0.2) is 0 Å². The predicted octanol–water partition coefficient (Wildman–Crippen LogP) is 2.97. The summed E-state index contributed by atoms with van der Waals surface area (Å²) in [4.78, 5) is 0. The van der Waals surface area contributed by atoms with Crippen molar-refractivity contribution in [3.63, 3.8) is 0 Å². The van der Waals surface area contributed by atoms with Crippen LogP contribution in [0, 0.1) is 0 Å². The SMILES string of the molecule is C=C(CCC)CC1CC[N+]1(C)CC. The quantitative estimate of drug-likeness (QED) is 0.453. The highest BCUT2D eigenvalue weighted by molar-refractivity contribution is 4.97. The lowest BCUT2D eigenvalue weighted by atomic mass is 9.91. The molecule has 1 aliphatic heterocycles. The van der Waals surface area contributed by atoms with Gasteiger partial charge < -0.3 is 4.48 Å². The fourth-order valence-electron chi connectivity index (χ4n) is 2.28. The van der Waals surface area contributed by atoms with Crippen LogP contribution in [0.3, 0.4) is 0 Å². The predicted molar refractivity (Wildman–Crippen MR) is 58.7 cm³/mol. The molecule has 1 rings (SSSR count). The van der Waals surface area contributed by atoms with Gasteiger partial charge in [-0.15, -0.1) is 0 Å². The molecule has 76 valence electrons. The lowest BCUT2D eigenvalue weighted by Crippen LogP contribution is -2.62. The molecule has 2 unspecified atom stereocenters. The van der Waals surface area contributed by atoms with Gasteiger partial charge in [-0.05, 0) is 13.3 Å². The molecule has 2 atom stereocenters. The Bertz CT molecular complexity index is 182. The molecule has 0 aromatic rings. The molecule has 0 saturated carbocycles. The van der Waals surface area contributed by atoms with Crippen LogP contribution in [-0.4, -0.2) is 30.7 Å². The molecule has 13 heavy (non-hydrogen) atoms. The second kappa shape index (κ2) is 4.28. The number of hydrogen-bond donors (Lipinski definition) is 0. The van der Waals surface area contributed by atoms with Gasteiger partial charge >= 0.3 is 0 Å². The number of nitrogens with zero attached hydrogens (tertiary/aromatic N) is 1. The van der Waals surface area contributed by atoms with E-state index in [0.717, 1.165) is 6.04 Å². The van der Waals surface area contributed by atoms with Gasteiger partial charge in [0.25, 0.3) is 0 Å². The van der Waals surface area contributed by atoms with Crippen molar-refractivity contribution < 1.29 is 4.48 Å². The number of hydrogen-bond acceptors (Lipinski definition) is 0. The lowest BCUT2D eigenvalue weighted by Gasteiger charge is -2.49. The third-order valence-electron chi connectivity index (χ3n) is 3.70. The summed E-state index contributed by atoms with van der Waals surface area (Å²) in [6.45, 7) is 11.3. The Morgan fingerprint density at radius 1 is 1.46 bits per heavy atom. The summed E-state index contributed by atoms with van der Waals surface area (Å²) >= 11 is 0. The molecule has 0 N–H and O–H groups in total. The van der Waals surface area contributed by atoms with Crippen LogP contribution in [0.15, 0.2) is 12.2 Å². The molecule has 1 heteroatoms. The molecule has 0 spiro atoms. The maximum absolute atomic E-state index is 4.16. The van der Waals surface area contributed by atoms with E-state index in [-0.39, 0.29) is 0 Å². The minimum Gasteiger partial charge on any atom is -0.323 e. The summed E-state index contributed by atoms with van der Waals surface area (Å²) in [6, 6.07) is 0.879. The average molecular weight is 182 g/mol. The maximum atomic E-state index is 4.16. The highest BCUT2D eigenvalue weighted by Gasteiger charge is 2.40. The van der Waals surface area contributed by atoms with Crippen LogP contribution in [0.2, 0.25) is 0 Å². The van der Waals surface area contributed by atoms with Gasteiger partial charge in [0.1, 0.15) is 0 Å². The molecule has 0 amide bonds. The zero-order valence-corrected chi connectivity index (χ0v) is 9.47. The molecule has 1 aliphatic rings. The average Bonchev–Trinajstić information content (AvgIpc) is 2.12. The Kier molecular flexibility index (Phi) is 3.55. The summed E-state index contributed by atoms with van der Waals surface area (Å²) in [6.07, 6.45) is 5.15. The van der Waals surface area contributed by atoms with E-state index in [1.54, 1.807) is 0 Å². The lowest BCUT2D eigenvalue weighted by molar-refractivity contribution is -0.970. The highest BCUT2D eigenvalue weighted by atomic mass is 15.4. The number of likely N-dealkylation sites (tertiary alicyclic amines) is 1. The molecule has 1 fully saturated rings. The van der Waals surface area contributed by atoms with Crippen LogP contribution >= 0.6 is 0 Å². The van der Waals surface area contributed by atoms with Crippen LogP contribution in [0.25, 0.3) is 0 Å². The Balaban J connectivity index is 2.34. The second-order valence-corrected chi connectivity index (χ2v) is 4.67. The van der Waals surface area contributed by atoms with Crippen molar-refractivity contribution in [2.24, 2.45) is 0 Å².